The average molecular weight is 323 g/mol. The smallest absolute Gasteiger partial charge is 0.338 e. The zero-order valence-corrected chi connectivity index (χ0v) is 11.6. The van der Waals surface area contributed by atoms with Crippen molar-refractivity contribution in [1.29, 1.82) is 0 Å². The number of carbonyl (C=O) groups is 2. The van der Waals surface area contributed by atoms with Gasteiger partial charge in [0.2, 0.25) is 0 Å². The Labute approximate surface area is 117 Å². The van der Waals surface area contributed by atoms with E-state index in [-0.39, 0.29) is 17.2 Å². The Balaban J connectivity index is 2.31. The summed E-state index contributed by atoms with van der Waals surface area (Å²) in [5.74, 6) is -1.46. The van der Waals surface area contributed by atoms with Gasteiger partial charge in [-0.1, -0.05) is 12.1 Å². The van der Waals surface area contributed by atoms with Crippen LogP contribution >= 0.6 is 15.9 Å². The predicted molar refractivity (Wildman–Crippen MR) is 74.6 cm³/mol. The molecule has 2 rings (SSSR count). The van der Waals surface area contributed by atoms with Gasteiger partial charge in [-0.3, -0.25) is 4.79 Å². The van der Waals surface area contributed by atoms with Crippen LogP contribution in [0.25, 0.3) is 0 Å². The first-order valence-electron chi connectivity index (χ1n) is 5.47. The van der Waals surface area contributed by atoms with E-state index in [9.17, 15) is 9.59 Å². The lowest BCUT2D eigenvalue weighted by molar-refractivity contribution is 0.0697. The normalized spacial score (nSPS) is 10.2. The van der Waals surface area contributed by atoms with Gasteiger partial charge in [-0.15, -0.1) is 0 Å². The maximum absolute atomic E-state index is 12.0. The van der Waals surface area contributed by atoms with E-state index in [1.807, 2.05) is 0 Å². The van der Waals surface area contributed by atoms with E-state index in [0.717, 1.165) is 4.47 Å². The highest BCUT2D eigenvalue weighted by molar-refractivity contribution is 9.10. The minimum atomic E-state index is -1.07. The van der Waals surface area contributed by atoms with Gasteiger partial charge in [0, 0.05) is 10.7 Å². The van der Waals surface area contributed by atoms with Gasteiger partial charge in [0.25, 0.3) is 5.91 Å². The number of benzene rings is 1. The van der Waals surface area contributed by atoms with Crippen molar-refractivity contribution in [2.75, 3.05) is 5.32 Å². The quantitative estimate of drug-likeness (QED) is 0.812. The zero-order valence-electron chi connectivity index (χ0n) is 10.0. The number of halogens is 1. The van der Waals surface area contributed by atoms with Crippen LogP contribution in [-0.2, 0) is 0 Å². The Morgan fingerprint density at radius 1 is 1.37 bits per heavy atom. The molecule has 1 amide bonds. The Morgan fingerprint density at radius 2 is 2.11 bits per heavy atom. The molecule has 98 valence electrons. The molecule has 0 unspecified atom stereocenters. The molecule has 1 heterocycles. The number of carboxylic acids is 1. The van der Waals surface area contributed by atoms with Crippen molar-refractivity contribution >= 4 is 33.5 Å². The summed E-state index contributed by atoms with van der Waals surface area (Å²) in [4.78, 5) is 25.9. The van der Waals surface area contributed by atoms with E-state index < -0.39 is 5.97 Å². The van der Waals surface area contributed by atoms with Crippen molar-refractivity contribution in [2.24, 2.45) is 0 Å². The van der Waals surface area contributed by atoms with E-state index >= 15 is 0 Å². The van der Waals surface area contributed by atoms with Crippen LogP contribution in [0, 0.1) is 6.92 Å². The van der Waals surface area contributed by atoms with Gasteiger partial charge in [0.15, 0.2) is 0 Å². The first-order valence-corrected chi connectivity index (χ1v) is 6.26. The van der Waals surface area contributed by atoms with E-state index in [0.29, 0.717) is 11.3 Å². The lowest BCUT2D eigenvalue weighted by Gasteiger charge is -2.09. The zero-order chi connectivity index (χ0) is 14.0. The van der Waals surface area contributed by atoms with Crippen LogP contribution in [0.1, 0.15) is 26.4 Å². The maximum atomic E-state index is 12.0. The highest BCUT2D eigenvalue weighted by atomic mass is 79.9. The van der Waals surface area contributed by atoms with Crippen molar-refractivity contribution in [3.8, 4) is 0 Å². The van der Waals surface area contributed by atoms with Gasteiger partial charge in [-0.2, -0.15) is 0 Å². The van der Waals surface area contributed by atoms with E-state index in [4.69, 9.17) is 5.11 Å². The summed E-state index contributed by atoms with van der Waals surface area (Å²) in [7, 11) is 0. The highest BCUT2D eigenvalue weighted by Gasteiger charge is 2.16. The number of nitrogens with one attached hydrogen (secondary N) is 2. The van der Waals surface area contributed by atoms with Crippen LogP contribution in [0.2, 0.25) is 0 Å². The lowest BCUT2D eigenvalue weighted by Crippen LogP contribution is -2.15. The number of hydrogen-bond donors (Lipinski definition) is 3. The largest absolute Gasteiger partial charge is 0.478 e. The summed E-state index contributed by atoms with van der Waals surface area (Å²) in [6, 6.07) is 6.56. The van der Waals surface area contributed by atoms with Crippen LogP contribution < -0.4 is 5.32 Å². The lowest BCUT2D eigenvalue weighted by atomic mass is 10.1. The number of aryl methyl sites for hydroxylation is 1. The molecule has 0 fully saturated rings. The SMILES string of the molecule is Cc1cccc(NC(=O)c2cc(Br)c[nH]2)c1C(=O)O. The number of amides is 1. The molecule has 5 nitrogen and oxygen atoms in total. The molecule has 3 N–H and O–H groups in total. The number of rotatable bonds is 3. The molecule has 0 saturated carbocycles. The molecular formula is C13H11BrN2O3. The van der Waals surface area contributed by atoms with Crippen LogP contribution in [0.15, 0.2) is 34.9 Å². The van der Waals surface area contributed by atoms with Crippen molar-refractivity contribution in [3.63, 3.8) is 0 Å². The summed E-state index contributed by atoms with van der Waals surface area (Å²) in [5, 5.41) is 11.8. The molecule has 1 aromatic heterocycles. The second-order valence-corrected chi connectivity index (χ2v) is 4.90. The number of carboxylic acid groups (broad SMARTS) is 1. The predicted octanol–water partition coefficient (Wildman–Crippen LogP) is 3.04. The van der Waals surface area contributed by atoms with Crippen LogP contribution in [0.4, 0.5) is 5.69 Å². The van der Waals surface area contributed by atoms with Crippen LogP contribution in [0.3, 0.4) is 0 Å². The monoisotopic (exact) mass is 322 g/mol. The minimum Gasteiger partial charge on any atom is -0.478 e. The van der Waals surface area contributed by atoms with E-state index in [1.165, 1.54) is 0 Å². The molecular weight excluding hydrogens is 312 g/mol. The molecule has 0 atom stereocenters. The van der Waals surface area contributed by atoms with Crippen molar-refractivity contribution in [2.45, 2.75) is 6.92 Å². The Bertz CT molecular complexity index is 649. The third kappa shape index (κ3) is 2.85. The molecule has 0 spiro atoms. The summed E-state index contributed by atoms with van der Waals surface area (Å²) >= 11 is 3.23. The van der Waals surface area contributed by atoms with Crippen molar-refractivity contribution in [3.05, 3.63) is 51.8 Å². The molecule has 19 heavy (non-hydrogen) atoms. The van der Waals surface area contributed by atoms with Crippen LogP contribution in [0.5, 0.6) is 0 Å². The molecule has 0 aliphatic heterocycles. The fourth-order valence-electron chi connectivity index (χ4n) is 1.74. The molecule has 6 heteroatoms. The maximum Gasteiger partial charge on any atom is 0.338 e. The minimum absolute atomic E-state index is 0.0986. The molecule has 2 aromatic rings. The average Bonchev–Trinajstić information content (AvgIpc) is 2.75. The number of carbonyl (C=O) groups excluding carboxylic acids is 1. The van der Waals surface area contributed by atoms with Crippen molar-refractivity contribution in [1.82, 2.24) is 4.98 Å². The second kappa shape index (κ2) is 5.27. The third-order valence-electron chi connectivity index (χ3n) is 2.63. The van der Waals surface area contributed by atoms with Gasteiger partial charge in [0.1, 0.15) is 5.69 Å². The number of anilines is 1. The highest BCUT2D eigenvalue weighted by Crippen LogP contribution is 2.20. The molecule has 0 saturated heterocycles. The first kappa shape index (κ1) is 13.4. The van der Waals surface area contributed by atoms with Crippen molar-refractivity contribution < 1.29 is 14.7 Å². The second-order valence-electron chi connectivity index (χ2n) is 3.99. The van der Waals surface area contributed by atoms with E-state index in [1.54, 1.807) is 37.4 Å². The third-order valence-corrected chi connectivity index (χ3v) is 3.09. The van der Waals surface area contributed by atoms with Gasteiger partial charge in [0.05, 0.1) is 11.3 Å². The van der Waals surface area contributed by atoms with Gasteiger partial charge >= 0.3 is 5.97 Å². The van der Waals surface area contributed by atoms with Gasteiger partial charge in [-0.25, -0.2) is 4.79 Å². The fraction of sp³-hybridized carbons (Fsp3) is 0.0769. The number of hydrogen-bond acceptors (Lipinski definition) is 2. The molecule has 0 radical (unpaired) electrons. The number of H-pyrrole nitrogens is 1. The van der Waals surface area contributed by atoms with Gasteiger partial charge < -0.3 is 15.4 Å². The summed E-state index contributed by atoms with van der Waals surface area (Å²) in [5.41, 5.74) is 1.33. The van der Waals surface area contributed by atoms with Crippen LogP contribution in [-0.4, -0.2) is 22.0 Å². The molecule has 0 bridgehead atoms. The summed E-state index contributed by atoms with van der Waals surface area (Å²) < 4.78 is 0.750. The Morgan fingerprint density at radius 3 is 2.68 bits per heavy atom. The fourth-order valence-corrected chi connectivity index (χ4v) is 2.09. The number of aromatic amines is 1. The Kier molecular flexibility index (Phi) is 3.71. The Hall–Kier alpha value is -2.08. The molecule has 1 aromatic carbocycles. The number of aromatic nitrogens is 1. The topological polar surface area (TPSA) is 82.2 Å². The summed E-state index contributed by atoms with van der Waals surface area (Å²) in [6.07, 6.45) is 1.63. The molecule has 0 aliphatic rings. The summed E-state index contributed by atoms with van der Waals surface area (Å²) in [6.45, 7) is 1.68. The molecule has 0 aliphatic carbocycles. The standard InChI is InChI=1S/C13H11BrN2O3/c1-7-3-2-4-9(11(7)13(18)19)16-12(17)10-5-8(14)6-15-10/h2-6,15H,1H3,(H,16,17)(H,18,19). The first-order chi connectivity index (χ1) is 8.99. The van der Waals surface area contributed by atoms with E-state index in [2.05, 4.69) is 26.2 Å². The van der Waals surface area contributed by atoms with Gasteiger partial charge in [-0.05, 0) is 40.5 Å². The number of aromatic carboxylic acids is 1.